The second kappa shape index (κ2) is 7.99. The van der Waals surface area contributed by atoms with Gasteiger partial charge in [-0.25, -0.2) is 4.68 Å². The molecule has 0 unspecified atom stereocenters. The maximum Gasteiger partial charge on any atom is 0.276 e. The fraction of sp³-hybridized carbons (Fsp3) is 0.227. The molecule has 0 aliphatic carbocycles. The van der Waals surface area contributed by atoms with Crippen LogP contribution in [0.15, 0.2) is 71.5 Å². The number of carbonyl (C=O) groups is 1. The van der Waals surface area contributed by atoms with Gasteiger partial charge in [-0.15, -0.1) is 0 Å². The number of aryl methyl sites for hydroxylation is 1. The Morgan fingerprint density at radius 1 is 1.00 bits per heavy atom. The van der Waals surface area contributed by atoms with E-state index in [1.807, 2.05) is 74.5 Å². The highest BCUT2D eigenvalue weighted by atomic mass is 16.2. The molecule has 1 N–H and O–H groups in total. The van der Waals surface area contributed by atoms with Gasteiger partial charge in [-0.2, -0.15) is 5.10 Å². The van der Waals surface area contributed by atoms with Crippen LogP contribution in [0.5, 0.6) is 0 Å². The highest BCUT2D eigenvalue weighted by molar-refractivity contribution is 5.92. The minimum Gasteiger partial charge on any atom is -0.343 e. The van der Waals surface area contributed by atoms with Crippen molar-refractivity contribution in [3.8, 4) is 5.69 Å². The molecule has 0 saturated carbocycles. The summed E-state index contributed by atoms with van der Waals surface area (Å²) in [5.74, 6) is -0.301. The quantitative estimate of drug-likeness (QED) is 0.754. The Balaban J connectivity index is 1.96. The van der Waals surface area contributed by atoms with E-state index >= 15 is 0 Å². The van der Waals surface area contributed by atoms with E-state index in [0.29, 0.717) is 5.69 Å². The summed E-state index contributed by atoms with van der Waals surface area (Å²) < 4.78 is 1.61. The molecule has 5 nitrogen and oxygen atoms in total. The van der Waals surface area contributed by atoms with Crippen molar-refractivity contribution in [2.75, 3.05) is 0 Å². The lowest BCUT2D eigenvalue weighted by molar-refractivity contribution is 0.0917. The predicted octanol–water partition coefficient (Wildman–Crippen LogP) is 3.67. The van der Waals surface area contributed by atoms with Crippen molar-refractivity contribution in [1.29, 1.82) is 0 Å². The molecule has 0 aliphatic heterocycles. The van der Waals surface area contributed by atoms with Crippen molar-refractivity contribution >= 4 is 5.91 Å². The molecule has 0 aliphatic rings. The Hall–Kier alpha value is -3.21. The van der Waals surface area contributed by atoms with Crippen molar-refractivity contribution in [2.24, 2.45) is 5.92 Å². The minimum atomic E-state index is -0.466. The van der Waals surface area contributed by atoms with Crippen molar-refractivity contribution in [3.05, 3.63) is 93.9 Å². The van der Waals surface area contributed by atoms with Crippen LogP contribution in [0.2, 0.25) is 0 Å². The fourth-order valence-corrected chi connectivity index (χ4v) is 3.04. The summed E-state index contributed by atoms with van der Waals surface area (Å²) >= 11 is 0. The summed E-state index contributed by atoms with van der Waals surface area (Å²) in [5.41, 5.74) is 1.98. The Bertz CT molecular complexity index is 979. The summed E-state index contributed by atoms with van der Waals surface area (Å²) in [6.07, 6.45) is 0. The summed E-state index contributed by atoms with van der Waals surface area (Å²) in [6.45, 7) is 5.86. The SMILES string of the molecule is Cc1cc(=O)c(C(=O)N[C@H](c2ccccc2)C(C)C)nn1-c1ccccc1. The van der Waals surface area contributed by atoms with Gasteiger partial charge >= 0.3 is 0 Å². The first kappa shape index (κ1) is 18.6. The number of rotatable bonds is 5. The van der Waals surface area contributed by atoms with Crippen molar-refractivity contribution in [3.63, 3.8) is 0 Å². The summed E-state index contributed by atoms with van der Waals surface area (Å²) in [4.78, 5) is 25.3. The molecule has 3 aromatic rings. The van der Waals surface area contributed by atoms with E-state index in [4.69, 9.17) is 0 Å². The molecule has 138 valence electrons. The molecule has 27 heavy (non-hydrogen) atoms. The third-order valence-electron chi connectivity index (χ3n) is 4.44. The zero-order valence-corrected chi connectivity index (χ0v) is 15.7. The first-order valence-electron chi connectivity index (χ1n) is 8.99. The number of aromatic nitrogens is 2. The Labute approximate surface area is 158 Å². The molecule has 3 rings (SSSR count). The van der Waals surface area contributed by atoms with Gasteiger partial charge in [-0.3, -0.25) is 9.59 Å². The lowest BCUT2D eigenvalue weighted by Crippen LogP contribution is -2.36. The molecule has 0 bridgehead atoms. The zero-order chi connectivity index (χ0) is 19.4. The third-order valence-corrected chi connectivity index (χ3v) is 4.44. The molecule has 1 heterocycles. The van der Waals surface area contributed by atoms with Crippen molar-refractivity contribution < 1.29 is 4.79 Å². The van der Waals surface area contributed by atoms with Gasteiger partial charge < -0.3 is 5.32 Å². The van der Waals surface area contributed by atoms with E-state index < -0.39 is 5.91 Å². The van der Waals surface area contributed by atoms with E-state index in [0.717, 1.165) is 11.3 Å². The Morgan fingerprint density at radius 3 is 2.19 bits per heavy atom. The third kappa shape index (κ3) is 4.14. The number of nitrogens with one attached hydrogen (secondary N) is 1. The van der Waals surface area contributed by atoms with E-state index in [-0.39, 0.29) is 23.1 Å². The number of hydrogen-bond donors (Lipinski definition) is 1. The normalized spacial score (nSPS) is 12.0. The molecular weight excluding hydrogens is 338 g/mol. The molecule has 0 saturated heterocycles. The van der Waals surface area contributed by atoms with E-state index in [9.17, 15) is 9.59 Å². The van der Waals surface area contributed by atoms with Gasteiger partial charge in [0.15, 0.2) is 5.69 Å². The lowest BCUT2D eigenvalue weighted by atomic mass is 9.96. The van der Waals surface area contributed by atoms with Gasteiger partial charge in [0, 0.05) is 11.8 Å². The van der Waals surface area contributed by atoms with Gasteiger partial charge in [-0.05, 0) is 30.5 Å². The number of hydrogen-bond acceptors (Lipinski definition) is 3. The fourth-order valence-electron chi connectivity index (χ4n) is 3.04. The van der Waals surface area contributed by atoms with Crippen LogP contribution in [0.25, 0.3) is 5.69 Å². The summed E-state index contributed by atoms with van der Waals surface area (Å²) in [7, 11) is 0. The largest absolute Gasteiger partial charge is 0.343 e. The molecule has 1 aromatic heterocycles. The van der Waals surface area contributed by atoms with Crippen molar-refractivity contribution in [2.45, 2.75) is 26.8 Å². The van der Waals surface area contributed by atoms with Crippen LogP contribution in [0, 0.1) is 12.8 Å². The average Bonchev–Trinajstić information content (AvgIpc) is 2.67. The topological polar surface area (TPSA) is 64.0 Å². The van der Waals surface area contributed by atoms with Crippen LogP contribution in [0.1, 0.15) is 41.6 Å². The molecule has 2 aromatic carbocycles. The molecule has 0 spiro atoms. The van der Waals surface area contributed by atoms with E-state index in [1.54, 1.807) is 11.6 Å². The molecule has 1 atom stereocenters. The highest BCUT2D eigenvalue weighted by Gasteiger charge is 2.22. The zero-order valence-electron chi connectivity index (χ0n) is 15.7. The second-order valence-corrected chi connectivity index (χ2v) is 6.85. The van der Waals surface area contributed by atoms with Crippen LogP contribution in [0.3, 0.4) is 0 Å². The van der Waals surface area contributed by atoms with Gasteiger partial charge in [0.1, 0.15) is 0 Å². The highest BCUT2D eigenvalue weighted by Crippen LogP contribution is 2.21. The van der Waals surface area contributed by atoms with Crippen molar-refractivity contribution in [1.82, 2.24) is 15.1 Å². The monoisotopic (exact) mass is 361 g/mol. The maximum absolute atomic E-state index is 12.9. The van der Waals surface area contributed by atoms with E-state index in [1.165, 1.54) is 6.07 Å². The predicted molar refractivity (Wildman–Crippen MR) is 106 cm³/mol. The first-order valence-corrected chi connectivity index (χ1v) is 8.99. The van der Waals surface area contributed by atoms with Crippen LogP contribution >= 0.6 is 0 Å². The first-order chi connectivity index (χ1) is 13.0. The van der Waals surface area contributed by atoms with Gasteiger partial charge in [0.25, 0.3) is 5.91 Å². The molecule has 1 amide bonds. The van der Waals surface area contributed by atoms with Crippen LogP contribution in [-0.4, -0.2) is 15.7 Å². The molecule has 5 heteroatoms. The molecule has 0 radical (unpaired) electrons. The Morgan fingerprint density at radius 2 is 1.59 bits per heavy atom. The van der Waals surface area contributed by atoms with Gasteiger partial charge in [-0.1, -0.05) is 62.4 Å². The number of carbonyl (C=O) groups excluding carboxylic acids is 1. The van der Waals surface area contributed by atoms with Gasteiger partial charge in [0.05, 0.1) is 11.7 Å². The number of amides is 1. The maximum atomic E-state index is 12.9. The number of para-hydroxylation sites is 1. The van der Waals surface area contributed by atoms with Crippen LogP contribution in [0.4, 0.5) is 0 Å². The minimum absolute atomic E-state index is 0.106. The average molecular weight is 361 g/mol. The Kier molecular flexibility index (Phi) is 5.50. The number of nitrogens with zero attached hydrogens (tertiary/aromatic N) is 2. The van der Waals surface area contributed by atoms with Gasteiger partial charge in [0.2, 0.25) is 5.43 Å². The second-order valence-electron chi connectivity index (χ2n) is 6.85. The smallest absolute Gasteiger partial charge is 0.276 e. The van der Waals surface area contributed by atoms with Crippen LogP contribution < -0.4 is 10.7 Å². The number of benzene rings is 2. The molecule has 0 fully saturated rings. The standard InChI is InChI=1S/C22H23N3O2/c1-15(2)20(17-10-6-4-7-11-17)23-22(27)21-19(26)14-16(3)25(24-21)18-12-8-5-9-13-18/h4-15,20H,1-3H3,(H,23,27)/t20-/m0/s1. The molecular formula is C22H23N3O2. The lowest BCUT2D eigenvalue weighted by Gasteiger charge is -2.23. The summed E-state index contributed by atoms with van der Waals surface area (Å²) in [5, 5.41) is 7.31. The van der Waals surface area contributed by atoms with Crippen LogP contribution in [-0.2, 0) is 0 Å². The summed E-state index contributed by atoms with van der Waals surface area (Å²) in [6, 6.07) is 20.4. The van der Waals surface area contributed by atoms with E-state index in [2.05, 4.69) is 10.4 Å².